The second-order valence-electron chi connectivity index (χ2n) is 8.81. The minimum absolute atomic E-state index is 0.0137. The van der Waals surface area contributed by atoms with Crippen molar-refractivity contribution in [2.75, 3.05) is 37.6 Å². The highest BCUT2D eigenvalue weighted by Gasteiger charge is 2.45. The Kier molecular flexibility index (Phi) is 7.76. The van der Waals surface area contributed by atoms with Crippen molar-refractivity contribution in [1.29, 1.82) is 0 Å². The van der Waals surface area contributed by atoms with Gasteiger partial charge in [-0.15, -0.1) is 0 Å². The van der Waals surface area contributed by atoms with Crippen molar-refractivity contribution >= 4 is 46.5 Å². The van der Waals surface area contributed by atoms with Crippen LogP contribution in [-0.4, -0.2) is 60.8 Å². The molecule has 0 aliphatic carbocycles. The van der Waals surface area contributed by atoms with E-state index in [1.807, 2.05) is 47.4 Å². The first-order valence-corrected chi connectivity index (χ1v) is 12.2. The van der Waals surface area contributed by atoms with E-state index in [2.05, 4.69) is 15.5 Å². The second kappa shape index (κ2) is 10.8. The number of benzene rings is 2. The first kappa shape index (κ1) is 24.5. The first-order chi connectivity index (χ1) is 16.3. The van der Waals surface area contributed by atoms with Crippen molar-refractivity contribution in [1.82, 2.24) is 15.5 Å². The van der Waals surface area contributed by atoms with Crippen molar-refractivity contribution < 1.29 is 14.4 Å². The van der Waals surface area contributed by atoms with Crippen LogP contribution in [-0.2, 0) is 20.9 Å². The highest BCUT2D eigenvalue weighted by Crippen LogP contribution is 2.27. The second-order valence-corrected chi connectivity index (χ2v) is 9.69. The number of ketones is 1. The lowest BCUT2D eigenvalue weighted by atomic mass is 9.89. The van der Waals surface area contributed by atoms with Crippen LogP contribution in [0, 0.1) is 0 Å². The zero-order valence-corrected chi connectivity index (χ0v) is 20.4. The van der Waals surface area contributed by atoms with Crippen LogP contribution in [0.3, 0.4) is 0 Å². The average molecular weight is 503 g/mol. The number of halogens is 2. The summed E-state index contributed by atoms with van der Waals surface area (Å²) in [6, 6.07) is 15.3. The van der Waals surface area contributed by atoms with Crippen LogP contribution in [0.5, 0.6) is 0 Å². The van der Waals surface area contributed by atoms with Crippen LogP contribution < -0.4 is 15.5 Å². The van der Waals surface area contributed by atoms with E-state index >= 15 is 0 Å². The molecule has 1 atom stereocenters. The number of hydrogen-bond donors (Lipinski definition) is 2. The monoisotopic (exact) mass is 502 g/mol. The molecule has 2 aliphatic rings. The molecule has 34 heavy (non-hydrogen) atoms. The lowest BCUT2D eigenvalue weighted by Gasteiger charge is -2.37. The van der Waals surface area contributed by atoms with E-state index in [4.69, 9.17) is 23.2 Å². The quantitative estimate of drug-likeness (QED) is 0.542. The predicted octanol–water partition coefficient (Wildman–Crippen LogP) is 3.04. The summed E-state index contributed by atoms with van der Waals surface area (Å²) in [7, 11) is 0. The van der Waals surface area contributed by atoms with E-state index in [1.165, 1.54) is 0 Å². The molecule has 4 rings (SSSR count). The molecule has 9 heteroatoms. The van der Waals surface area contributed by atoms with E-state index in [-0.39, 0.29) is 36.9 Å². The van der Waals surface area contributed by atoms with Crippen molar-refractivity contribution in [3.8, 4) is 0 Å². The maximum absolute atomic E-state index is 13.0. The molecule has 2 saturated heterocycles. The van der Waals surface area contributed by atoms with Gasteiger partial charge in [-0.1, -0.05) is 53.5 Å². The number of amides is 2. The highest BCUT2D eigenvalue weighted by atomic mass is 35.5. The van der Waals surface area contributed by atoms with Gasteiger partial charge in [-0.25, -0.2) is 0 Å². The van der Waals surface area contributed by atoms with E-state index in [0.717, 1.165) is 11.3 Å². The molecule has 0 saturated carbocycles. The van der Waals surface area contributed by atoms with E-state index < -0.39 is 5.54 Å². The summed E-state index contributed by atoms with van der Waals surface area (Å²) < 4.78 is 0. The normalized spacial score (nSPS) is 20.5. The van der Waals surface area contributed by atoms with Crippen LogP contribution in [0.4, 0.5) is 5.69 Å². The van der Waals surface area contributed by atoms with E-state index in [0.29, 0.717) is 49.3 Å². The zero-order valence-electron chi connectivity index (χ0n) is 18.9. The number of hydrogen-bond acceptors (Lipinski definition) is 5. The van der Waals surface area contributed by atoms with Gasteiger partial charge in [0.2, 0.25) is 11.8 Å². The lowest BCUT2D eigenvalue weighted by molar-refractivity contribution is -0.132. The van der Waals surface area contributed by atoms with E-state index in [9.17, 15) is 14.4 Å². The van der Waals surface area contributed by atoms with Gasteiger partial charge in [0.15, 0.2) is 5.78 Å². The molecule has 1 unspecified atom stereocenters. The molecule has 2 amide bonds. The molecular formula is C25H28Cl2N4O3. The Morgan fingerprint density at radius 3 is 2.29 bits per heavy atom. The zero-order chi connectivity index (χ0) is 24.1. The van der Waals surface area contributed by atoms with Crippen molar-refractivity contribution in [3.63, 3.8) is 0 Å². The maximum atomic E-state index is 13.0. The number of anilines is 1. The lowest BCUT2D eigenvalue weighted by Crippen LogP contribution is -2.55. The number of rotatable bonds is 8. The van der Waals surface area contributed by atoms with Crippen LogP contribution in [0.2, 0.25) is 10.0 Å². The molecule has 2 aromatic carbocycles. The van der Waals surface area contributed by atoms with Gasteiger partial charge >= 0.3 is 0 Å². The fourth-order valence-corrected chi connectivity index (χ4v) is 5.07. The number of nitrogens with one attached hydrogen (secondary N) is 2. The van der Waals surface area contributed by atoms with Crippen LogP contribution in [0.25, 0.3) is 0 Å². The summed E-state index contributed by atoms with van der Waals surface area (Å²) >= 11 is 12.2. The number of nitrogens with zero attached hydrogens (tertiary/aromatic N) is 2. The summed E-state index contributed by atoms with van der Waals surface area (Å²) in [6.07, 6.45) is 0.340. The topological polar surface area (TPSA) is 81.8 Å². The van der Waals surface area contributed by atoms with Gasteiger partial charge in [-0.2, -0.15) is 0 Å². The molecule has 2 aromatic rings. The summed E-state index contributed by atoms with van der Waals surface area (Å²) in [5.41, 5.74) is 0.984. The Morgan fingerprint density at radius 1 is 1.00 bits per heavy atom. The number of piperazine rings is 1. The van der Waals surface area contributed by atoms with Crippen LogP contribution >= 0.6 is 23.2 Å². The minimum atomic E-state index is -1.04. The van der Waals surface area contributed by atoms with E-state index in [1.54, 1.807) is 6.07 Å². The standard InChI is InChI=1S/C25H28Cl2N4O3/c26-19-12-20(27)14-21(13-19)30-8-10-31(11-9-30)24(34)6-7-25(22(32)15-23(33)29-25)17-28-16-18-4-2-1-3-5-18/h1-5,12-14,28H,6-11,15-17H2,(H,29,33). The molecular weight excluding hydrogens is 475 g/mol. The highest BCUT2D eigenvalue weighted by molar-refractivity contribution is 6.35. The summed E-state index contributed by atoms with van der Waals surface area (Å²) in [5.74, 6) is -0.457. The molecule has 0 bridgehead atoms. The summed E-state index contributed by atoms with van der Waals surface area (Å²) in [6.45, 7) is 3.35. The first-order valence-electron chi connectivity index (χ1n) is 11.4. The van der Waals surface area contributed by atoms with Gasteiger partial charge in [-0.05, 0) is 30.2 Å². The minimum Gasteiger partial charge on any atom is -0.368 e. The Labute approximate surface area is 209 Å². The molecule has 7 nitrogen and oxygen atoms in total. The molecule has 0 radical (unpaired) electrons. The Bertz CT molecular complexity index is 1040. The smallest absolute Gasteiger partial charge is 0.228 e. The third-order valence-electron chi connectivity index (χ3n) is 6.44. The third kappa shape index (κ3) is 5.90. The molecule has 0 aromatic heterocycles. The fourth-order valence-electron chi connectivity index (χ4n) is 4.56. The third-order valence-corrected chi connectivity index (χ3v) is 6.88. The largest absolute Gasteiger partial charge is 0.368 e. The number of Topliss-reactive ketones (excluding diaryl/α,β-unsaturated/α-hetero) is 1. The van der Waals surface area contributed by atoms with Gasteiger partial charge < -0.3 is 20.4 Å². The van der Waals surface area contributed by atoms with Crippen LogP contribution in [0.15, 0.2) is 48.5 Å². The maximum Gasteiger partial charge on any atom is 0.228 e. The Balaban J connectivity index is 1.31. The van der Waals surface area contributed by atoms with Gasteiger partial charge in [0.25, 0.3) is 0 Å². The summed E-state index contributed by atoms with van der Waals surface area (Å²) in [4.78, 5) is 41.6. The van der Waals surface area contributed by atoms with Gasteiger partial charge in [-0.3, -0.25) is 14.4 Å². The summed E-state index contributed by atoms with van der Waals surface area (Å²) in [5, 5.41) is 7.29. The predicted molar refractivity (Wildman–Crippen MR) is 133 cm³/mol. The SMILES string of the molecule is O=C1CC(=O)C(CCC(=O)N2CCN(c3cc(Cl)cc(Cl)c3)CC2)(CNCc2ccccc2)N1. The van der Waals surface area contributed by atoms with Crippen molar-refractivity contribution in [2.45, 2.75) is 31.3 Å². The number of carbonyl (C=O) groups excluding carboxylic acids is 3. The molecule has 2 fully saturated rings. The van der Waals surface area contributed by atoms with Gasteiger partial charge in [0.05, 0.1) is 6.42 Å². The average Bonchev–Trinajstić information content (AvgIpc) is 3.10. The Morgan fingerprint density at radius 2 is 1.68 bits per heavy atom. The molecule has 0 spiro atoms. The molecule has 2 N–H and O–H groups in total. The molecule has 180 valence electrons. The number of carbonyl (C=O) groups is 3. The Hall–Kier alpha value is -2.61. The molecule has 2 aliphatic heterocycles. The van der Waals surface area contributed by atoms with Crippen LogP contribution in [0.1, 0.15) is 24.8 Å². The molecule has 2 heterocycles. The fraction of sp³-hybridized carbons (Fsp3) is 0.400. The van der Waals surface area contributed by atoms with Crippen molar-refractivity contribution in [3.05, 3.63) is 64.1 Å². The van der Waals surface area contributed by atoms with Gasteiger partial charge in [0, 0.05) is 61.4 Å². The van der Waals surface area contributed by atoms with Crippen molar-refractivity contribution in [2.24, 2.45) is 0 Å². The van der Waals surface area contributed by atoms with Gasteiger partial charge in [0.1, 0.15) is 5.54 Å².